The molecule has 4 aromatic rings. The van der Waals surface area contributed by atoms with Crippen molar-refractivity contribution in [3.63, 3.8) is 0 Å². The number of aromatic nitrogens is 1. The van der Waals surface area contributed by atoms with E-state index < -0.39 is 12.0 Å². The summed E-state index contributed by atoms with van der Waals surface area (Å²) in [6, 6.07) is 17.9. The Bertz CT molecular complexity index is 2030. The van der Waals surface area contributed by atoms with E-state index in [1.165, 1.54) is 11.3 Å². The molecule has 8 nitrogen and oxygen atoms in total. The lowest BCUT2D eigenvalue weighted by Crippen LogP contribution is -2.40. The number of methoxy groups -OCH3 is 1. The molecule has 244 valence electrons. The highest BCUT2D eigenvalue weighted by atomic mass is 35.5. The van der Waals surface area contributed by atoms with Gasteiger partial charge in [0.05, 0.1) is 41.7 Å². The van der Waals surface area contributed by atoms with Gasteiger partial charge in [0.25, 0.3) is 5.56 Å². The summed E-state index contributed by atoms with van der Waals surface area (Å²) in [7, 11) is 1.57. The molecule has 0 amide bonds. The highest BCUT2D eigenvalue weighted by Gasteiger charge is 2.34. The van der Waals surface area contributed by atoms with Gasteiger partial charge < -0.3 is 18.9 Å². The third kappa shape index (κ3) is 7.37. The van der Waals surface area contributed by atoms with E-state index >= 15 is 0 Å². The summed E-state index contributed by atoms with van der Waals surface area (Å²) in [5, 5.41) is 0.617. The van der Waals surface area contributed by atoms with E-state index in [4.69, 9.17) is 35.5 Å². The van der Waals surface area contributed by atoms with E-state index in [1.54, 1.807) is 38.5 Å². The number of carbonyl (C=O) groups is 1. The first kappa shape index (κ1) is 33.8. The Morgan fingerprint density at radius 3 is 2.60 bits per heavy atom. The number of ether oxygens (including phenoxy) is 4. The van der Waals surface area contributed by atoms with Gasteiger partial charge in [-0.1, -0.05) is 59.3 Å². The largest absolute Gasteiger partial charge is 0.497 e. The molecule has 1 aromatic heterocycles. The molecule has 1 atom stereocenters. The Hall–Kier alpha value is -4.60. The van der Waals surface area contributed by atoms with E-state index in [0.29, 0.717) is 61.5 Å². The van der Waals surface area contributed by atoms with Gasteiger partial charge in [-0.05, 0) is 81.7 Å². The van der Waals surface area contributed by atoms with Gasteiger partial charge >= 0.3 is 5.97 Å². The maximum atomic E-state index is 14.2. The molecule has 3 aromatic carbocycles. The van der Waals surface area contributed by atoms with Crippen LogP contribution >= 0.6 is 22.9 Å². The van der Waals surface area contributed by atoms with Gasteiger partial charge in [0.15, 0.2) is 16.3 Å². The summed E-state index contributed by atoms with van der Waals surface area (Å²) in [4.78, 5) is 32.8. The van der Waals surface area contributed by atoms with Crippen LogP contribution in [0.4, 0.5) is 0 Å². The molecule has 0 unspecified atom stereocenters. The predicted molar refractivity (Wildman–Crippen MR) is 185 cm³/mol. The van der Waals surface area contributed by atoms with Gasteiger partial charge in [0, 0.05) is 16.1 Å². The van der Waals surface area contributed by atoms with Crippen LogP contribution in [0, 0.1) is 0 Å². The lowest BCUT2D eigenvalue weighted by molar-refractivity contribution is -0.143. The fraction of sp³-hybridized carbons (Fsp3) is 0.270. The zero-order chi connectivity index (χ0) is 33.7. The fourth-order valence-electron chi connectivity index (χ4n) is 5.40. The lowest BCUT2D eigenvalue weighted by atomic mass is 9.95. The predicted octanol–water partition coefficient (Wildman–Crippen LogP) is 6.56. The van der Waals surface area contributed by atoms with E-state index in [0.717, 1.165) is 16.7 Å². The molecule has 0 N–H and O–H groups in total. The number of rotatable bonds is 12. The molecule has 1 aliphatic heterocycles. The minimum Gasteiger partial charge on any atom is -0.497 e. The van der Waals surface area contributed by atoms with Gasteiger partial charge in [0.2, 0.25) is 0 Å². The average molecular weight is 673 g/mol. The Morgan fingerprint density at radius 2 is 1.89 bits per heavy atom. The molecule has 5 rings (SSSR count). The van der Waals surface area contributed by atoms with Crippen molar-refractivity contribution in [3.8, 4) is 17.2 Å². The second-order valence-corrected chi connectivity index (χ2v) is 12.5. The quantitative estimate of drug-likeness (QED) is 0.125. The minimum atomic E-state index is -0.759. The van der Waals surface area contributed by atoms with Crippen molar-refractivity contribution in [2.24, 2.45) is 4.99 Å². The summed E-state index contributed by atoms with van der Waals surface area (Å²) in [5.74, 6) is 1.21. The fourth-order valence-corrected chi connectivity index (χ4v) is 6.64. The van der Waals surface area contributed by atoms with Crippen molar-refractivity contribution >= 4 is 35.0 Å². The number of esters is 1. The number of nitrogens with zero attached hydrogens (tertiary/aromatic N) is 2. The molecular weight excluding hydrogens is 636 g/mol. The number of allylic oxidation sites excluding steroid dienone is 2. The third-order valence-corrected chi connectivity index (χ3v) is 8.79. The monoisotopic (exact) mass is 672 g/mol. The van der Waals surface area contributed by atoms with Crippen LogP contribution < -0.4 is 29.1 Å². The van der Waals surface area contributed by atoms with Crippen molar-refractivity contribution in [2.45, 2.75) is 52.9 Å². The first-order valence-electron chi connectivity index (χ1n) is 15.3. The summed E-state index contributed by atoms with van der Waals surface area (Å²) >= 11 is 7.63. The normalized spacial score (nSPS) is 14.4. The smallest absolute Gasteiger partial charge is 0.338 e. The molecule has 47 heavy (non-hydrogen) atoms. The molecule has 0 fully saturated rings. The highest BCUT2D eigenvalue weighted by Crippen LogP contribution is 2.36. The van der Waals surface area contributed by atoms with Gasteiger partial charge in [-0.25, -0.2) is 9.79 Å². The van der Waals surface area contributed by atoms with Crippen molar-refractivity contribution in [3.05, 3.63) is 132 Å². The molecule has 0 bridgehead atoms. The number of hydrogen-bond donors (Lipinski definition) is 0. The molecule has 0 saturated heterocycles. The van der Waals surface area contributed by atoms with Crippen LogP contribution in [0.15, 0.2) is 94.4 Å². The number of carbonyl (C=O) groups excluding carboxylic acids is 1. The maximum absolute atomic E-state index is 14.2. The number of fused-ring (bicyclic) bond motifs is 1. The number of halogens is 1. The summed E-state index contributed by atoms with van der Waals surface area (Å²) in [6.07, 6.45) is 3.76. The van der Waals surface area contributed by atoms with Gasteiger partial charge in [-0.3, -0.25) is 9.36 Å². The summed E-state index contributed by atoms with van der Waals surface area (Å²) < 4.78 is 25.4. The average Bonchev–Trinajstić information content (AvgIpc) is 3.34. The van der Waals surface area contributed by atoms with Crippen LogP contribution in [0.5, 0.6) is 17.2 Å². The highest BCUT2D eigenvalue weighted by molar-refractivity contribution is 7.07. The zero-order valence-electron chi connectivity index (χ0n) is 27.0. The standard InChI is InChI=1S/C37H37ClN2O6S/c1-7-12-26-17-24(18-30(44-8-2)34(26)45-21-27-13-9-10-16-29(27)38)19-31-35(41)40-33(25-14-11-15-28(20-25)43-6)32(36(42)46-22(3)4)23(5)39-37(40)47-31/h7,9-11,13-20,22,33H,1,8,12,21H2,2-6H3/b31-19-/t33-/m0/s1. The van der Waals surface area contributed by atoms with E-state index in [9.17, 15) is 9.59 Å². The number of benzene rings is 3. The Kier molecular flexibility index (Phi) is 10.7. The molecule has 0 saturated carbocycles. The second-order valence-electron chi connectivity index (χ2n) is 11.1. The number of hydrogen-bond acceptors (Lipinski definition) is 8. The molecule has 0 aliphatic carbocycles. The van der Waals surface area contributed by atoms with Crippen LogP contribution in [-0.2, 0) is 22.6 Å². The topological polar surface area (TPSA) is 88.4 Å². The zero-order valence-corrected chi connectivity index (χ0v) is 28.6. The Balaban J connectivity index is 1.64. The van der Waals surface area contributed by atoms with Gasteiger partial charge in [0.1, 0.15) is 12.4 Å². The van der Waals surface area contributed by atoms with Gasteiger partial charge in [-0.15, -0.1) is 6.58 Å². The third-order valence-electron chi connectivity index (χ3n) is 7.44. The molecule has 0 radical (unpaired) electrons. The number of thiazole rings is 1. The molecule has 2 heterocycles. The molecule has 10 heteroatoms. The van der Waals surface area contributed by atoms with Crippen molar-refractivity contribution < 1.29 is 23.7 Å². The van der Waals surface area contributed by atoms with E-state index in [1.807, 2.05) is 73.7 Å². The van der Waals surface area contributed by atoms with Crippen molar-refractivity contribution in [1.82, 2.24) is 4.57 Å². The van der Waals surface area contributed by atoms with Crippen LogP contribution in [0.25, 0.3) is 6.08 Å². The molecular formula is C37H37ClN2O6S. The van der Waals surface area contributed by atoms with Gasteiger partial charge in [-0.2, -0.15) is 0 Å². The van der Waals surface area contributed by atoms with Crippen molar-refractivity contribution in [2.75, 3.05) is 13.7 Å². The van der Waals surface area contributed by atoms with Crippen LogP contribution in [0.1, 0.15) is 56.0 Å². The van der Waals surface area contributed by atoms with Crippen LogP contribution in [0.3, 0.4) is 0 Å². The lowest BCUT2D eigenvalue weighted by Gasteiger charge is -2.25. The SMILES string of the molecule is C=CCc1cc(/C=c2\sc3n(c2=O)[C@@H](c2cccc(OC)c2)C(C(=O)OC(C)C)=C(C)N=3)cc(OCC)c1OCc1ccccc1Cl. The van der Waals surface area contributed by atoms with E-state index in [-0.39, 0.29) is 18.3 Å². The Labute approximate surface area is 282 Å². The first-order chi connectivity index (χ1) is 22.6. The van der Waals surface area contributed by atoms with Crippen LogP contribution in [0.2, 0.25) is 5.02 Å². The first-order valence-corrected chi connectivity index (χ1v) is 16.5. The molecule has 1 aliphatic rings. The summed E-state index contributed by atoms with van der Waals surface area (Å²) in [5.41, 5.74) is 3.65. The van der Waals surface area contributed by atoms with Crippen LogP contribution in [-0.4, -0.2) is 30.4 Å². The van der Waals surface area contributed by atoms with Crippen molar-refractivity contribution in [1.29, 1.82) is 0 Å². The van der Waals surface area contributed by atoms with E-state index in [2.05, 4.69) is 6.58 Å². The second kappa shape index (κ2) is 14.9. The summed E-state index contributed by atoms with van der Waals surface area (Å²) in [6.45, 7) is 11.8. The molecule has 0 spiro atoms. The Morgan fingerprint density at radius 1 is 1.11 bits per heavy atom. The maximum Gasteiger partial charge on any atom is 0.338 e. The minimum absolute atomic E-state index is 0.257.